The number of hydrogen-bond acceptors (Lipinski definition) is 12. The normalized spacial score (nSPS) is 23.3. The molecule has 4 atom stereocenters. The molecule has 170 valence electrons. The minimum Gasteiger partial charge on any atom is -0.508 e. The molecule has 0 spiro atoms. The van der Waals surface area contributed by atoms with E-state index in [-0.39, 0.29) is 11.1 Å². The first-order chi connectivity index (χ1) is 15.1. The van der Waals surface area contributed by atoms with Crippen molar-refractivity contribution in [1.29, 1.82) is 0 Å². The van der Waals surface area contributed by atoms with E-state index in [4.69, 9.17) is 13.9 Å². The lowest BCUT2D eigenvalue weighted by Crippen LogP contribution is -2.55. The van der Waals surface area contributed by atoms with E-state index in [1.807, 2.05) is 0 Å². The van der Waals surface area contributed by atoms with E-state index in [0.717, 1.165) is 24.3 Å². The molecule has 0 saturated carbocycles. The number of ether oxygens (including phenoxy) is 2. The molecule has 32 heavy (non-hydrogen) atoms. The Morgan fingerprint density at radius 2 is 1.53 bits per heavy atom. The maximum atomic E-state index is 13.2. The monoisotopic (exact) mass is 450 g/mol. The van der Waals surface area contributed by atoms with Gasteiger partial charge in [-0.1, -0.05) is 0 Å². The number of rotatable bonds is 3. The maximum absolute atomic E-state index is 13.2. The van der Waals surface area contributed by atoms with Gasteiger partial charge >= 0.3 is 0 Å². The van der Waals surface area contributed by atoms with Gasteiger partial charge in [0.1, 0.15) is 40.8 Å². The Labute approximate surface area is 178 Å². The third-order valence-corrected chi connectivity index (χ3v) is 4.94. The maximum Gasteiger partial charge on any atom is 0.239 e. The van der Waals surface area contributed by atoms with Gasteiger partial charge in [0.2, 0.25) is 17.5 Å². The molecule has 2 aromatic carbocycles. The van der Waals surface area contributed by atoms with E-state index >= 15 is 0 Å². The van der Waals surface area contributed by atoms with Gasteiger partial charge in [0.15, 0.2) is 23.0 Å². The molecular formula is C20H18O12. The summed E-state index contributed by atoms with van der Waals surface area (Å²) in [4.78, 5) is 13.2. The van der Waals surface area contributed by atoms with Crippen LogP contribution >= 0.6 is 0 Å². The zero-order valence-corrected chi connectivity index (χ0v) is 16.0. The largest absolute Gasteiger partial charge is 0.508 e. The van der Waals surface area contributed by atoms with E-state index < -0.39 is 82.3 Å². The lowest BCUT2D eigenvalue weighted by molar-refractivity contribution is -0.242. The first-order valence-electron chi connectivity index (χ1n) is 9.19. The average molecular weight is 450 g/mol. The third-order valence-electron chi connectivity index (χ3n) is 4.94. The Balaban J connectivity index is 1.95. The summed E-state index contributed by atoms with van der Waals surface area (Å²) in [5.41, 5.74) is -1.44. The van der Waals surface area contributed by atoms with Crippen molar-refractivity contribution < 1.29 is 54.7 Å². The fourth-order valence-electron chi connectivity index (χ4n) is 3.30. The molecule has 0 amide bonds. The number of benzene rings is 2. The van der Waals surface area contributed by atoms with Crippen LogP contribution in [0.2, 0.25) is 0 Å². The molecule has 1 aliphatic heterocycles. The Morgan fingerprint density at radius 3 is 2.19 bits per heavy atom. The van der Waals surface area contributed by atoms with Crippen molar-refractivity contribution in [2.24, 2.45) is 0 Å². The number of aliphatic hydroxyl groups excluding tert-OH is 3. The molecule has 0 radical (unpaired) electrons. The van der Waals surface area contributed by atoms with Gasteiger partial charge in [-0.25, -0.2) is 0 Å². The number of phenolic OH excluding ortho intramolecular Hbond substituents is 5. The van der Waals surface area contributed by atoms with Crippen molar-refractivity contribution in [2.75, 3.05) is 6.61 Å². The van der Waals surface area contributed by atoms with Crippen LogP contribution in [-0.2, 0) is 4.74 Å². The number of hydrogen-bond donors (Lipinski definition) is 8. The van der Waals surface area contributed by atoms with Crippen LogP contribution in [0, 0.1) is 0 Å². The van der Waals surface area contributed by atoms with Crippen LogP contribution in [0.25, 0.3) is 22.3 Å². The topological polar surface area (TPSA) is 211 Å². The predicted octanol–water partition coefficient (Wildman–Crippen LogP) is -0.194. The molecular weight excluding hydrogens is 432 g/mol. The molecule has 3 aromatic rings. The Hall–Kier alpha value is -3.71. The molecule has 12 heteroatoms. The number of fused-ring (bicyclic) bond motifs is 1. The highest BCUT2D eigenvalue weighted by Crippen LogP contribution is 2.42. The van der Waals surface area contributed by atoms with Gasteiger partial charge in [-0.15, -0.1) is 0 Å². The average Bonchev–Trinajstić information content (AvgIpc) is 2.72. The summed E-state index contributed by atoms with van der Waals surface area (Å²) in [5.74, 6) is -4.54. The zero-order valence-electron chi connectivity index (χ0n) is 16.0. The first kappa shape index (κ1) is 21.5. The third kappa shape index (κ3) is 3.50. The quantitative estimate of drug-likeness (QED) is 0.244. The summed E-state index contributed by atoms with van der Waals surface area (Å²) in [6.45, 7) is -0.433. The van der Waals surface area contributed by atoms with Gasteiger partial charge in [-0.2, -0.15) is 0 Å². The highest BCUT2D eigenvalue weighted by Gasteiger charge is 2.40. The lowest BCUT2D eigenvalue weighted by Gasteiger charge is -2.34. The SMILES string of the molecule is O=c1c(O[C@H]2OC[C@H](O)[C@H](O)[C@H]2O)c(-c2cc(O)c(O)c(O)c2)oc2cc(O)cc(O)c12. The minimum absolute atomic E-state index is 0.166. The van der Waals surface area contributed by atoms with E-state index in [9.17, 15) is 45.6 Å². The Morgan fingerprint density at radius 1 is 0.875 bits per heavy atom. The second-order valence-electron chi connectivity index (χ2n) is 7.16. The minimum atomic E-state index is -1.78. The van der Waals surface area contributed by atoms with Crippen LogP contribution in [0.5, 0.6) is 34.5 Å². The van der Waals surface area contributed by atoms with Crippen LogP contribution in [0.4, 0.5) is 0 Å². The molecule has 12 nitrogen and oxygen atoms in total. The van der Waals surface area contributed by atoms with E-state index in [1.165, 1.54) is 0 Å². The van der Waals surface area contributed by atoms with Crippen LogP contribution in [0.1, 0.15) is 0 Å². The first-order valence-corrected chi connectivity index (χ1v) is 9.19. The van der Waals surface area contributed by atoms with Crippen molar-refractivity contribution in [2.45, 2.75) is 24.6 Å². The standard InChI is InChI=1S/C20H18O12/c21-7-3-8(22)13-12(4-7)31-18(6-1-9(23)14(26)10(24)2-6)19(16(13)28)32-20-17(29)15(27)11(25)5-30-20/h1-4,11,15,17,20-27,29H,5H2/t11-,15-,17+,20+/m0/s1. The summed E-state index contributed by atoms with van der Waals surface area (Å²) < 4.78 is 16.2. The Bertz CT molecular complexity index is 1230. The molecule has 0 aliphatic carbocycles. The predicted molar refractivity (Wildman–Crippen MR) is 105 cm³/mol. The number of phenols is 5. The van der Waals surface area contributed by atoms with E-state index in [0.29, 0.717) is 0 Å². The van der Waals surface area contributed by atoms with Crippen molar-refractivity contribution in [1.82, 2.24) is 0 Å². The van der Waals surface area contributed by atoms with Crippen molar-refractivity contribution in [3.8, 4) is 45.8 Å². The van der Waals surface area contributed by atoms with Crippen molar-refractivity contribution >= 4 is 11.0 Å². The van der Waals surface area contributed by atoms with Gasteiger partial charge in [0.25, 0.3) is 0 Å². The molecule has 8 N–H and O–H groups in total. The summed E-state index contributed by atoms with van der Waals surface area (Å²) in [6, 6.07) is 3.78. The van der Waals surface area contributed by atoms with Crippen LogP contribution in [-0.4, -0.2) is 72.1 Å². The molecule has 2 heterocycles. The second-order valence-corrected chi connectivity index (χ2v) is 7.16. The summed E-state index contributed by atoms with van der Waals surface area (Å²) in [7, 11) is 0. The Kier molecular flexibility index (Phi) is 5.22. The lowest BCUT2D eigenvalue weighted by atomic mass is 10.1. The molecule has 0 bridgehead atoms. The molecule has 1 aromatic heterocycles. The molecule has 4 rings (SSSR count). The zero-order chi connectivity index (χ0) is 23.3. The van der Waals surface area contributed by atoms with Gasteiger partial charge < -0.3 is 54.7 Å². The van der Waals surface area contributed by atoms with Crippen molar-refractivity contribution in [3.05, 3.63) is 34.5 Å². The van der Waals surface area contributed by atoms with Crippen molar-refractivity contribution in [3.63, 3.8) is 0 Å². The molecule has 1 fully saturated rings. The number of aromatic hydroxyl groups is 5. The smallest absolute Gasteiger partial charge is 0.239 e. The molecule has 1 aliphatic rings. The van der Waals surface area contributed by atoms with Crippen LogP contribution in [0.3, 0.4) is 0 Å². The summed E-state index contributed by atoms with van der Waals surface area (Å²) in [5, 5.41) is 78.4. The summed E-state index contributed by atoms with van der Waals surface area (Å²) in [6.07, 6.45) is -6.49. The van der Waals surface area contributed by atoms with Gasteiger partial charge in [0.05, 0.1) is 6.61 Å². The van der Waals surface area contributed by atoms with Crippen LogP contribution < -0.4 is 10.2 Å². The van der Waals surface area contributed by atoms with Gasteiger partial charge in [0, 0.05) is 17.7 Å². The highest BCUT2D eigenvalue weighted by atomic mass is 16.7. The molecule has 0 unspecified atom stereocenters. The number of aliphatic hydroxyl groups is 3. The fraction of sp³-hybridized carbons (Fsp3) is 0.250. The molecule has 1 saturated heterocycles. The van der Waals surface area contributed by atoms with Gasteiger partial charge in [-0.3, -0.25) is 4.79 Å². The highest BCUT2D eigenvalue weighted by molar-refractivity contribution is 5.88. The van der Waals surface area contributed by atoms with Crippen LogP contribution in [0.15, 0.2) is 33.5 Å². The van der Waals surface area contributed by atoms with E-state index in [1.54, 1.807) is 0 Å². The summed E-state index contributed by atoms with van der Waals surface area (Å²) >= 11 is 0. The fourth-order valence-corrected chi connectivity index (χ4v) is 3.30. The van der Waals surface area contributed by atoms with Gasteiger partial charge in [-0.05, 0) is 12.1 Å². The van der Waals surface area contributed by atoms with E-state index in [2.05, 4.69) is 0 Å². The second kappa shape index (κ2) is 7.76.